The molecule has 0 saturated heterocycles. The van der Waals surface area contributed by atoms with Gasteiger partial charge in [0, 0.05) is 25.8 Å². The summed E-state index contributed by atoms with van der Waals surface area (Å²) in [5.74, 6) is -0.0121. The van der Waals surface area contributed by atoms with Crippen LogP contribution in [0.5, 0.6) is 0 Å². The largest absolute Gasteiger partial charge is 0.444 e. The number of sulfonamides is 1. The average molecular weight is 675 g/mol. The third-order valence-electron chi connectivity index (χ3n) is 6.91. The Morgan fingerprint density at radius 1 is 1.11 bits per heavy atom. The second kappa shape index (κ2) is 16.4. The Morgan fingerprint density at radius 2 is 1.89 bits per heavy atom. The molecule has 0 radical (unpaired) electrons. The van der Waals surface area contributed by atoms with Crippen LogP contribution < -0.4 is 10.6 Å². The number of alkyl carbamates (subject to hydrolysis) is 1. The molecule has 2 heterocycles. The maximum absolute atomic E-state index is 14.0. The van der Waals surface area contributed by atoms with E-state index in [0.717, 1.165) is 39.8 Å². The summed E-state index contributed by atoms with van der Waals surface area (Å²) in [5.41, 5.74) is 3.25. The normalized spacial score (nSPS) is 13.4. The number of carbonyl (C=O) groups is 1. The number of hydrogen-bond donors (Lipinski definition) is 3. The van der Waals surface area contributed by atoms with Gasteiger partial charge in [-0.3, -0.25) is 4.98 Å². The number of benzene rings is 2. The number of amides is 1. The van der Waals surface area contributed by atoms with Gasteiger partial charge in [-0.05, 0) is 63.2 Å². The lowest BCUT2D eigenvalue weighted by Gasteiger charge is -2.30. The zero-order valence-corrected chi connectivity index (χ0v) is 28.5. The zero-order chi connectivity index (χ0) is 32.4. The van der Waals surface area contributed by atoms with Crippen LogP contribution in [0.15, 0.2) is 65.1 Å². The third kappa shape index (κ3) is 10.4. The summed E-state index contributed by atoms with van der Waals surface area (Å²) >= 11 is 2.78. The SMILES string of the molecule is CC(C)CN(C[C@@H](O)[C@H](Cc1ccccc1)NC(=O)OCc1cncs1)S(=O)(=O)c1ccc2nc(NCCCN(C)C)sc2c1. The van der Waals surface area contributed by atoms with Gasteiger partial charge in [0.1, 0.15) is 6.61 Å². The first kappa shape index (κ1) is 34.7. The van der Waals surface area contributed by atoms with Crippen LogP contribution in [-0.2, 0) is 27.8 Å². The molecule has 14 heteroatoms. The zero-order valence-electron chi connectivity index (χ0n) is 26.0. The van der Waals surface area contributed by atoms with E-state index in [2.05, 4.69) is 25.5 Å². The standard InChI is InChI=1S/C31H42N6O5S3/c1-22(2)18-37(45(40,41)25-11-12-26-29(16-25)44-30(34-26)33-13-8-14-36(3)4)19-28(38)27(15-23-9-6-5-7-10-23)35-31(39)42-20-24-17-32-21-43-24/h5-7,9-12,16-17,21-22,27-28,38H,8,13-15,18-20H2,1-4H3,(H,33,34)(H,35,39)/t27-,28+/m0/s1. The molecular formula is C31H42N6O5S3. The van der Waals surface area contributed by atoms with E-state index in [-0.39, 0.29) is 36.9 Å². The smallest absolute Gasteiger partial charge is 0.407 e. The van der Waals surface area contributed by atoms with E-state index in [1.54, 1.807) is 29.9 Å². The van der Waals surface area contributed by atoms with Crippen LogP contribution in [0.1, 0.15) is 30.7 Å². The number of ether oxygens (including phenoxy) is 1. The highest BCUT2D eigenvalue weighted by Crippen LogP contribution is 2.30. The fourth-order valence-corrected chi connectivity index (χ4v) is 7.85. The molecule has 11 nitrogen and oxygen atoms in total. The summed E-state index contributed by atoms with van der Waals surface area (Å²) in [6.07, 6.45) is 0.933. The van der Waals surface area contributed by atoms with Gasteiger partial charge < -0.3 is 25.4 Å². The fraction of sp³-hybridized carbons (Fsp3) is 0.452. The molecule has 0 aliphatic carbocycles. The molecule has 2 aromatic heterocycles. The Morgan fingerprint density at radius 3 is 2.58 bits per heavy atom. The first-order valence-corrected chi connectivity index (χ1v) is 18.0. The monoisotopic (exact) mass is 674 g/mol. The summed E-state index contributed by atoms with van der Waals surface area (Å²) in [6, 6.07) is 13.5. The maximum Gasteiger partial charge on any atom is 0.407 e. The Balaban J connectivity index is 1.51. The molecular weight excluding hydrogens is 633 g/mol. The van der Waals surface area contributed by atoms with E-state index < -0.39 is 28.3 Å². The first-order valence-electron chi connectivity index (χ1n) is 14.8. The van der Waals surface area contributed by atoms with Gasteiger partial charge >= 0.3 is 6.09 Å². The molecule has 0 spiro atoms. The second-order valence-corrected chi connectivity index (χ2v) is 15.4. The predicted octanol–water partition coefficient (Wildman–Crippen LogP) is 4.66. The molecule has 0 saturated carbocycles. The van der Waals surface area contributed by atoms with Crippen molar-refractivity contribution < 1.29 is 23.1 Å². The van der Waals surface area contributed by atoms with E-state index in [9.17, 15) is 18.3 Å². The quantitative estimate of drug-likeness (QED) is 0.137. The molecule has 0 aliphatic rings. The lowest BCUT2D eigenvalue weighted by molar-refractivity contribution is 0.0876. The van der Waals surface area contributed by atoms with Gasteiger partial charge in [0.05, 0.1) is 37.6 Å². The van der Waals surface area contributed by atoms with Gasteiger partial charge in [-0.2, -0.15) is 4.31 Å². The lowest BCUT2D eigenvalue weighted by Crippen LogP contribution is -2.51. The van der Waals surface area contributed by atoms with Crippen molar-refractivity contribution in [2.75, 3.05) is 45.6 Å². The van der Waals surface area contributed by atoms with Gasteiger partial charge in [-0.15, -0.1) is 11.3 Å². The molecule has 2 aromatic carbocycles. The van der Waals surface area contributed by atoms with Gasteiger partial charge in [-0.1, -0.05) is 55.5 Å². The number of carbonyl (C=O) groups excluding carboxylic acids is 1. The Labute approximate surface area is 273 Å². The highest BCUT2D eigenvalue weighted by Gasteiger charge is 2.32. The Bertz CT molecular complexity index is 1600. The number of thiazole rings is 2. The van der Waals surface area contributed by atoms with Gasteiger partial charge in [-0.25, -0.2) is 18.2 Å². The van der Waals surface area contributed by atoms with Crippen molar-refractivity contribution in [1.82, 2.24) is 24.5 Å². The topological polar surface area (TPSA) is 137 Å². The van der Waals surface area contributed by atoms with Crippen molar-refractivity contribution in [1.29, 1.82) is 0 Å². The molecule has 4 aromatic rings. The minimum atomic E-state index is -4.00. The number of aliphatic hydroxyl groups is 1. The molecule has 0 bridgehead atoms. The predicted molar refractivity (Wildman–Crippen MR) is 180 cm³/mol. The maximum atomic E-state index is 14.0. The number of fused-ring (bicyclic) bond motifs is 1. The van der Waals surface area contributed by atoms with Crippen LogP contribution in [-0.4, -0.2) is 91.2 Å². The molecule has 0 unspecified atom stereocenters. The molecule has 0 aliphatic heterocycles. The number of aromatic nitrogens is 2. The van der Waals surface area contributed by atoms with Crippen LogP contribution >= 0.6 is 22.7 Å². The number of nitrogens with zero attached hydrogens (tertiary/aromatic N) is 4. The highest BCUT2D eigenvalue weighted by molar-refractivity contribution is 7.89. The lowest BCUT2D eigenvalue weighted by atomic mass is 10.0. The van der Waals surface area contributed by atoms with Gasteiger partial charge in [0.2, 0.25) is 10.0 Å². The minimum Gasteiger partial charge on any atom is -0.444 e. The van der Waals surface area contributed by atoms with Crippen molar-refractivity contribution in [2.45, 2.75) is 50.3 Å². The van der Waals surface area contributed by atoms with Crippen molar-refractivity contribution in [3.05, 3.63) is 70.7 Å². The van der Waals surface area contributed by atoms with E-state index in [1.165, 1.54) is 27.0 Å². The Kier molecular flexibility index (Phi) is 12.7. The third-order valence-corrected chi connectivity index (χ3v) is 10.5. The van der Waals surface area contributed by atoms with Crippen LogP contribution in [0.3, 0.4) is 0 Å². The summed E-state index contributed by atoms with van der Waals surface area (Å²) in [6.45, 7) is 5.58. The van der Waals surface area contributed by atoms with Crippen molar-refractivity contribution in [2.24, 2.45) is 5.92 Å². The molecule has 2 atom stereocenters. The van der Waals surface area contributed by atoms with E-state index >= 15 is 0 Å². The highest BCUT2D eigenvalue weighted by atomic mass is 32.2. The van der Waals surface area contributed by atoms with Crippen LogP contribution in [0.2, 0.25) is 0 Å². The molecule has 0 fully saturated rings. The summed E-state index contributed by atoms with van der Waals surface area (Å²) in [7, 11) is 0.0554. The van der Waals surface area contributed by atoms with Gasteiger partial charge in [0.25, 0.3) is 0 Å². The first-order chi connectivity index (χ1) is 21.5. The summed E-state index contributed by atoms with van der Waals surface area (Å²) in [5, 5.41) is 18.3. The van der Waals surface area contributed by atoms with E-state index in [0.29, 0.717) is 5.52 Å². The molecule has 1 amide bonds. The molecule has 45 heavy (non-hydrogen) atoms. The van der Waals surface area contributed by atoms with Crippen LogP contribution in [0.4, 0.5) is 9.93 Å². The summed E-state index contributed by atoms with van der Waals surface area (Å²) in [4.78, 5) is 24.4. The molecule has 3 N–H and O–H groups in total. The van der Waals surface area contributed by atoms with Crippen LogP contribution in [0.25, 0.3) is 10.2 Å². The average Bonchev–Trinajstić information content (AvgIpc) is 3.67. The fourth-order valence-electron chi connectivity index (χ4n) is 4.69. The van der Waals surface area contributed by atoms with Crippen molar-refractivity contribution in [3.8, 4) is 0 Å². The number of hydrogen-bond acceptors (Lipinski definition) is 11. The number of anilines is 1. The minimum absolute atomic E-state index is 0.0121. The number of aliphatic hydroxyl groups excluding tert-OH is 1. The van der Waals surface area contributed by atoms with Gasteiger partial charge in [0.15, 0.2) is 5.13 Å². The van der Waals surface area contributed by atoms with E-state index in [1.807, 2.05) is 58.3 Å². The second-order valence-electron chi connectivity index (χ2n) is 11.5. The molecule has 244 valence electrons. The molecule has 4 rings (SSSR count). The number of rotatable bonds is 17. The summed E-state index contributed by atoms with van der Waals surface area (Å²) < 4.78 is 35.5. The van der Waals surface area contributed by atoms with E-state index in [4.69, 9.17) is 4.74 Å². The Hall–Kier alpha value is -3.14. The van der Waals surface area contributed by atoms with Crippen molar-refractivity contribution >= 4 is 54.1 Å². The van der Waals surface area contributed by atoms with Crippen LogP contribution in [0, 0.1) is 5.92 Å². The number of nitrogens with one attached hydrogen (secondary N) is 2. The van der Waals surface area contributed by atoms with Crippen molar-refractivity contribution in [3.63, 3.8) is 0 Å².